The maximum Gasteiger partial charge on any atom is 0.248 e. The fraction of sp³-hybridized carbons (Fsp3) is 0.125. The minimum atomic E-state index is -0.155. The van der Waals surface area contributed by atoms with Crippen LogP contribution in [0.15, 0.2) is 43.0 Å². The maximum absolute atomic E-state index is 11.7. The number of benzene rings is 1. The fourth-order valence-electron chi connectivity index (χ4n) is 2.21. The average Bonchev–Trinajstić information content (AvgIpc) is 2.98. The molecule has 3 rings (SSSR count). The van der Waals surface area contributed by atoms with Gasteiger partial charge in [-0.2, -0.15) is 0 Å². The van der Waals surface area contributed by atoms with Crippen LogP contribution in [0.25, 0.3) is 22.4 Å². The van der Waals surface area contributed by atoms with E-state index >= 15 is 0 Å². The molecule has 22 heavy (non-hydrogen) atoms. The highest BCUT2D eigenvalue weighted by atomic mass is 16.1. The molecule has 1 amide bonds. The van der Waals surface area contributed by atoms with Crippen LogP contribution < -0.4 is 5.32 Å². The van der Waals surface area contributed by atoms with E-state index in [-0.39, 0.29) is 5.91 Å². The van der Waals surface area contributed by atoms with E-state index in [1.54, 1.807) is 19.3 Å². The third kappa shape index (κ3) is 2.58. The quantitative estimate of drug-likeness (QED) is 0.727. The molecule has 6 nitrogen and oxygen atoms in total. The molecule has 0 atom stereocenters. The second-order valence-corrected chi connectivity index (χ2v) is 4.84. The van der Waals surface area contributed by atoms with Crippen LogP contribution in [0.2, 0.25) is 0 Å². The van der Waals surface area contributed by atoms with Crippen LogP contribution in [0.3, 0.4) is 0 Å². The Hall–Kier alpha value is -3.02. The molecule has 0 saturated heterocycles. The lowest BCUT2D eigenvalue weighted by molar-refractivity contribution is -0.111. The molecule has 0 unspecified atom stereocenters. The monoisotopic (exact) mass is 293 g/mol. The summed E-state index contributed by atoms with van der Waals surface area (Å²) >= 11 is 0. The van der Waals surface area contributed by atoms with E-state index in [9.17, 15) is 4.79 Å². The van der Waals surface area contributed by atoms with Crippen molar-refractivity contribution in [1.29, 1.82) is 0 Å². The number of carbonyl (C=O) groups is 1. The second-order valence-electron chi connectivity index (χ2n) is 4.84. The van der Waals surface area contributed by atoms with Gasteiger partial charge in [-0.1, -0.05) is 18.2 Å². The molecular formula is C16H15N5O. The number of aromatic nitrogens is 4. The summed E-state index contributed by atoms with van der Waals surface area (Å²) in [5.41, 5.74) is 4.77. The van der Waals surface area contributed by atoms with Gasteiger partial charge in [0.1, 0.15) is 11.8 Å². The first-order chi connectivity index (χ1) is 10.7. The van der Waals surface area contributed by atoms with Crippen molar-refractivity contribution in [2.24, 2.45) is 0 Å². The van der Waals surface area contributed by atoms with Gasteiger partial charge in [-0.05, 0) is 31.6 Å². The lowest BCUT2D eigenvalue weighted by atomic mass is 10.1. The van der Waals surface area contributed by atoms with Gasteiger partial charge in [0.2, 0.25) is 5.91 Å². The van der Waals surface area contributed by atoms with Crippen LogP contribution in [0.5, 0.6) is 0 Å². The van der Waals surface area contributed by atoms with Gasteiger partial charge < -0.3 is 10.3 Å². The molecule has 0 radical (unpaired) electrons. The lowest BCUT2D eigenvalue weighted by Crippen LogP contribution is -2.09. The van der Waals surface area contributed by atoms with Gasteiger partial charge in [0, 0.05) is 11.3 Å². The van der Waals surface area contributed by atoms with Crippen LogP contribution in [-0.2, 0) is 4.79 Å². The Balaban J connectivity index is 2.05. The first kappa shape index (κ1) is 13.9. The number of allylic oxidation sites excluding steroid dienone is 1. The smallest absolute Gasteiger partial charge is 0.248 e. The highest BCUT2D eigenvalue weighted by molar-refractivity contribution is 6.00. The number of imidazole rings is 1. The summed E-state index contributed by atoms with van der Waals surface area (Å²) in [6, 6.07) is 5.81. The minimum absolute atomic E-state index is 0.155. The minimum Gasteiger partial charge on any atom is -0.341 e. The number of anilines is 1. The van der Waals surface area contributed by atoms with Gasteiger partial charge in [-0.25, -0.2) is 15.0 Å². The molecule has 2 heterocycles. The molecule has 2 aromatic heterocycles. The summed E-state index contributed by atoms with van der Waals surface area (Å²) in [5, 5.41) is 2.87. The zero-order chi connectivity index (χ0) is 15.5. The van der Waals surface area contributed by atoms with Crippen molar-refractivity contribution in [1.82, 2.24) is 19.9 Å². The van der Waals surface area contributed by atoms with Gasteiger partial charge >= 0.3 is 0 Å². The molecule has 0 fully saturated rings. The van der Waals surface area contributed by atoms with Crippen LogP contribution in [0, 0.1) is 6.92 Å². The van der Waals surface area contributed by atoms with Crippen LogP contribution in [-0.4, -0.2) is 25.8 Å². The van der Waals surface area contributed by atoms with Crippen molar-refractivity contribution in [2.45, 2.75) is 13.8 Å². The second kappa shape index (κ2) is 5.77. The number of aromatic amines is 1. The first-order valence-electron chi connectivity index (χ1n) is 6.88. The Bertz CT molecular complexity index is 866. The highest BCUT2D eigenvalue weighted by Gasteiger charge is 2.10. The Morgan fingerprint density at radius 3 is 2.95 bits per heavy atom. The summed E-state index contributed by atoms with van der Waals surface area (Å²) in [7, 11) is 0. The molecule has 0 aliphatic rings. The van der Waals surface area contributed by atoms with E-state index in [1.807, 2.05) is 25.1 Å². The topological polar surface area (TPSA) is 83.6 Å². The normalized spacial score (nSPS) is 11.2. The van der Waals surface area contributed by atoms with Crippen molar-refractivity contribution < 1.29 is 4.79 Å². The van der Waals surface area contributed by atoms with Gasteiger partial charge in [0.25, 0.3) is 0 Å². The fourth-order valence-corrected chi connectivity index (χ4v) is 2.21. The number of amides is 1. The first-order valence-corrected chi connectivity index (χ1v) is 6.88. The van der Waals surface area contributed by atoms with E-state index in [0.717, 1.165) is 28.0 Å². The number of hydrogen-bond donors (Lipinski definition) is 2. The third-order valence-corrected chi connectivity index (χ3v) is 3.31. The van der Waals surface area contributed by atoms with Gasteiger partial charge in [0.15, 0.2) is 5.65 Å². The number of nitrogens with one attached hydrogen (secondary N) is 2. The van der Waals surface area contributed by atoms with Crippen molar-refractivity contribution in [3.63, 3.8) is 0 Å². The molecular weight excluding hydrogens is 278 g/mol. The summed E-state index contributed by atoms with van der Waals surface area (Å²) in [6.07, 6.45) is 6.26. The van der Waals surface area contributed by atoms with E-state index in [1.165, 1.54) is 12.4 Å². The number of fused-ring (bicyclic) bond motifs is 1. The van der Waals surface area contributed by atoms with Crippen molar-refractivity contribution >= 4 is 22.8 Å². The summed E-state index contributed by atoms with van der Waals surface area (Å²) < 4.78 is 0. The summed E-state index contributed by atoms with van der Waals surface area (Å²) in [5.74, 6) is -0.155. The van der Waals surface area contributed by atoms with Crippen molar-refractivity contribution in [3.8, 4) is 11.3 Å². The van der Waals surface area contributed by atoms with E-state index in [4.69, 9.17) is 0 Å². The number of hydrogen-bond acceptors (Lipinski definition) is 4. The Morgan fingerprint density at radius 2 is 2.14 bits per heavy atom. The van der Waals surface area contributed by atoms with Crippen LogP contribution >= 0.6 is 0 Å². The number of H-pyrrole nitrogens is 1. The summed E-state index contributed by atoms with van der Waals surface area (Å²) in [4.78, 5) is 27.4. The largest absolute Gasteiger partial charge is 0.341 e. The molecule has 6 heteroatoms. The molecule has 1 aromatic carbocycles. The lowest BCUT2D eigenvalue weighted by Gasteiger charge is -2.09. The molecule has 3 aromatic rings. The van der Waals surface area contributed by atoms with Crippen molar-refractivity contribution in [2.75, 3.05) is 5.32 Å². The standard InChI is InChI=1S/C16H15N5O/c1-3-4-13(22)21-12-7-11(6-5-10(12)2)14-15-16(19-8-17-14)20-9-18-15/h3-9H,1-2H3,(H,21,22)(H,17,18,19,20)/b4-3+. The third-order valence-electron chi connectivity index (χ3n) is 3.31. The molecule has 110 valence electrons. The average molecular weight is 293 g/mol. The summed E-state index contributed by atoms with van der Waals surface area (Å²) in [6.45, 7) is 3.75. The van der Waals surface area contributed by atoms with E-state index in [2.05, 4.69) is 25.3 Å². The van der Waals surface area contributed by atoms with Gasteiger partial charge in [0.05, 0.1) is 12.0 Å². The predicted molar refractivity (Wildman–Crippen MR) is 85.3 cm³/mol. The predicted octanol–water partition coefficient (Wildman–Crippen LogP) is 2.84. The van der Waals surface area contributed by atoms with E-state index < -0.39 is 0 Å². The molecule has 0 bridgehead atoms. The number of carbonyl (C=O) groups excluding carboxylic acids is 1. The zero-order valence-corrected chi connectivity index (χ0v) is 12.3. The Labute approximate surface area is 127 Å². The van der Waals surface area contributed by atoms with Gasteiger partial charge in [-0.15, -0.1) is 0 Å². The van der Waals surface area contributed by atoms with Crippen LogP contribution in [0.1, 0.15) is 12.5 Å². The maximum atomic E-state index is 11.7. The SMILES string of the molecule is C/C=C/C(=O)Nc1cc(-c2ncnc3nc[nH]c23)ccc1C. The molecule has 2 N–H and O–H groups in total. The molecule has 0 aliphatic carbocycles. The van der Waals surface area contributed by atoms with Gasteiger partial charge in [-0.3, -0.25) is 4.79 Å². The Kier molecular flexibility index (Phi) is 3.65. The molecule has 0 aliphatic heterocycles. The van der Waals surface area contributed by atoms with Crippen LogP contribution in [0.4, 0.5) is 5.69 Å². The zero-order valence-electron chi connectivity index (χ0n) is 12.3. The molecule has 0 spiro atoms. The van der Waals surface area contributed by atoms with Crippen molar-refractivity contribution in [3.05, 3.63) is 48.6 Å². The highest BCUT2D eigenvalue weighted by Crippen LogP contribution is 2.27. The Morgan fingerprint density at radius 1 is 1.27 bits per heavy atom. The number of rotatable bonds is 3. The molecule has 0 saturated carbocycles. The number of aryl methyl sites for hydroxylation is 1. The number of nitrogens with zero attached hydrogens (tertiary/aromatic N) is 3. The van der Waals surface area contributed by atoms with E-state index in [0.29, 0.717) is 5.65 Å².